The molecular weight excluding hydrogens is 334 g/mol. The molecule has 0 aromatic carbocycles. The van der Waals surface area contributed by atoms with Crippen LogP contribution in [-0.2, 0) is 23.7 Å². The Hall–Kier alpha value is -0.530. The number of Topliss-reactive ketones (excluding diaryl/α,β-unsaturated/α-hetero) is 1. The third kappa shape index (κ3) is 8.01. The van der Waals surface area contributed by atoms with Crippen LogP contribution < -0.4 is 0 Å². The van der Waals surface area contributed by atoms with Crippen molar-refractivity contribution in [2.45, 2.75) is 33.1 Å². The van der Waals surface area contributed by atoms with Crippen molar-refractivity contribution in [2.75, 3.05) is 72.5 Å². The molecule has 3 unspecified atom stereocenters. The number of rotatable bonds is 3. The number of ether oxygens (including phenoxy) is 4. The number of hydrogen-bond donors (Lipinski definition) is 0. The normalized spacial score (nSPS) is 31.9. The van der Waals surface area contributed by atoms with Gasteiger partial charge in [0.2, 0.25) is 0 Å². The Balaban J connectivity index is 1.84. The maximum absolute atomic E-state index is 12.6. The predicted molar refractivity (Wildman–Crippen MR) is 100 cm³/mol. The van der Waals surface area contributed by atoms with Crippen LogP contribution in [0.5, 0.6) is 0 Å². The highest BCUT2D eigenvalue weighted by atomic mass is 16.6. The van der Waals surface area contributed by atoms with E-state index in [1.54, 1.807) is 0 Å². The summed E-state index contributed by atoms with van der Waals surface area (Å²) in [6, 6.07) is 0. The highest BCUT2D eigenvalue weighted by Crippen LogP contribution is 2.32. The molecule has 0 radical (unpaired) electrons. The summed E-state index contributed by atoms with van der Waals surface area (Å²) in [7, 11) is 0. The predicted octanol–water partition coefficient (Wildman–Crippen LogP) is 2.01. The highest BCUT2D eigenvalue weighted by Gasteiger charge is 2.33. The molecule has 0 N–H and O–H groups in total. The Morgan fingerprint density at radius 2 is 1.35 bits per heavy atom. The van der Waals surface area contributed by atoms with Crippen LogP contribution in [0.15, 0.2) is 0 Å². The quantitative estimate of drug-likeness (QED) is 0.756. The second-order valence-electron chi connectivity index (χ2n) is 7.50. The van der Waals surface area contributed by atoms with Gasteiger partial charge in [0.05, 0.1) is 52.9 Å². The lowest BCUT2D eigenvalue weighted by atomic mass is 9.74. The molecule has 1 aliphatic heterocycles. The summed E-state index contributed by atoms with van der Waals surface area (Å²) in [5.41, 5.74) is 0. The van der Waals surface area contributed by atoms with Crippen LogP contribution in [0.25, 0.3) is 0 Å². The molecule has 152 valence electrons. The molecule has 0 aromatic heterocycles. The smallest absolute Gasteiger partial charge is 0.140 e. The third-order valence-corrected chi connectivity index (χ3v) is 5.47. The van der Waals surface area contributed by atoms with E-state index in [0.29, 0.717) is 64.6 Å². The van der Waals surface area contributed by atoms with Gasteiger partial charge in [-0.25, -0.2) is 0 Å². The molecule has 26 heavy (non-hydrogen) atoms. The molecule has 1 aliphatic carbocycles. The number of nitrogens with zero attached hydrogens (tertiary/aromatic N) is 1. The minimum absolute atomic E-state index is 0.150. The van der Waals surface area contributed by atoms with Crippen molar-refractivity contribution in [1.29, 1.82) is 0 Å². The molecule has 0 bridgehead atoms. The summed E-state index contributed by atoms with van der Waals surface area (Å²) >= 11 is 0. The van der Waals surface area contributed by atoms with Gasteiger partial charge in [-0.2, -0.15) is 0 Å². The minimum Gasteiger partial charge on any atom is -0.378 e. The molecule has 6 nitrogen and oxygen atoms in total. The topological polar surface area (TPSA) is 57.2 Å². The molecule has 1 saturated heterocycles. The second-order valence-corrected chi connectivity index (χ2v) is 7.50. The first-order valence-corrected chi connectivity index (χ1v) is 10.3. The van der Waals surface area contributed by atoms with Gasteiger partial charge in [-0.15, -0.1) is 0 Å². The van der Waals surface area contributed by atoms with Crippen LogP contribution in [-0.4, -0.2) is 83.2 Å². The zero-order valence-corrected chi connectivity index (χ0v) is 16.6. The van der Waals surface area contributed by atoms with E-state index in [9.17, 15) is 4.79 Å². The third-order valence-electron chi connectivity index (χ3n) is 5.47. The van der Waals surface area contributed by atoms with Crippen molar-refractivity contribution >= 4 is 5.78 Å². The first-order valence-electron chi connectivity index (χ1n) is 10.3. The van der Waals surface area contributed by atoms with Crippen molar-refractivity contribution in [3.05, 3.63) is 0 Å². The largest absolute Gasteiger partial charge is 0.378 e. The molecule has 1 heterocycles. The Kier molecular flexibility index (Phi) is 10.7. The molecule has 1 saturated carbocycles. The maximum atomic E-state index is 12.6. The van der Waals surface area contributed by atoms with E-state index in [1.165, 1.54) is 6.42 Å². The number of ketones is 1. The molecule has 2 aliphatic rings. The lowest BCUT2D eigenvalue weighted by molar-refractivity contribution is -0.130. The van der Waals surface area contributed by atoms with Gasteiger partial charge in [0.15, 0.2) is 0 Å². The molecule has 0 amide bonds. The van der Waals surface area contributed by atoms with Crippen molar-refractivity contribution in [3.8, 4) is 0 Å². The fourth-order valence-corrected chi connectivity index (χ4v) is 3.89. The fourth-order valence-electron chi connectivity index (χ4n) is 3.89. The van der Waals surface area contributed by atoms with Crippen LogP contribution in [0, 0.1) is 17.8 Å². The first kappa shape index (κ1) is 21.8. The van der Waals surface area contributed by atoms with Crippen molar-refractivity contribution in [1.82, 2.24) is 4.90 Å². The summed E-state index contributed by atoms with van der Waals surface area (Å²) in [6.45, 7) is 11.7. The highest BCUT2D eigenvalue weighted by molar-refractivity contribution is 5.84. The minimum atomic E-state index is 0.150. The van der Waals surface area contributed by atoms with Crippen LogP contribution in [0.4, 0.5) is 0 Å². The van der Waals surface area contributed by atoms with Gasteiger partial charge < -0.3 is 18.9 Å². The van der Waals surface area contributed by atoms with Gasteiger partial charge in [-0.05, 0) is 18.8 Å². The van der Waals surface area contributed by atoms with E-state index >= 15 is 0 Å². The monoisotopic (exact) mass is 371 g/mol. The molecular formula is C20H37NO5. The van der Waals surface area contributed by atoms with Gasteiger partial charge in [-0.3, -0.25) is 9.69 Å². The second kappa shape index (κ2) is 12.8. The van der Waals surface area contributed by atoms with E-state index in [-0.39, 0.29) is 11.8 Å². The van der Waals surface area contributed by atoms with Crippen LogP contribution >= 0.6 is 0 Å². The van der Waals surface area contributed by atoms with Gasteiger partial charge >= 0.3 is 0 Å². The summed E-state index contributed by atoms with van der Waals surface area (Å²) in [6.07, 6.45) is 3.25. The molecule has 2 rings (SSSR count). The Labute approximate surface area is 158 Å². The van der Waals surface area contributed by atoms with Crippen LogP contribution in [0.1, 0.15) is 33.1 Å². The lowest BCUT2D eigenvalue weighted by Crippen LogP contribution is -2.42. The average Bonchev–Trinajstić information content (AvgIpc) is 2.65. The SMILES string of the molecule is CCC1CC(C)C(=O)C(CN2CCOCCOCCOCCOCC2)C1. The van der Waals surface area contributed by atoms with Crippen molar-refractivity contribution in [3.63, 3.8) is 0 Å². The zero-order chi connectivity index (χ0) is 18.6. The molecule has 0 aromatic rings. The molecule has 0 spiro atoms. The van der Waals surface area contributed by atoms with E-state index in [0.717, 1.165) is 32.5 Å². The Morgan fingerprint density at radius 1 is 0.846 bits per heavy atom. The Bertz CT molecular complexity index is 376. The van der Waals surface area contributed by atoms with Crippen molar-refractivity contribution in [2.24, 2.45) is 17.8 Å². The summed E-state index contributed by atoms with van der Waals surface area (Å²) < 4.78 is 22.3. The van der Waals surface area contributed by atoms with Gasteiger partial charge in [0.1, 0.15) is 5.78 Å². The van der Waals surface area contributed by atoms with Gasteiger partial charge in [-0.1, -0.05) is 20.3 Å². The molecule has 2 fully saturated rings. The van der Waals surface area contributed by atoms with E-state index in [1.807, 2.05) is 0 Å². The molecule has 6 heteroatoms. The van der Waals surface area contributed by atoms with E-state index in [2.05, 4.69) is 18.7 Å². The Morgan fingerprint density at radius 3 is 1.85 bits per heavy atom. The van der Waals surface area contributed by atoms with Crippen LogP contribution in [0.2, 0.25) is 0 Å². The van der Waals surface area contributed by atoms with E-state index < -0.39 is 0 Å². The number of hydrogen-bond acceptors (Lipinski definition) is 6. The van der Waals surface area contributed by atoms with Gasteiger partial charge in [0, 0.05) is 31.5 Å². The maximum Gasteiger partial charge on any atom is 0.140 e. The first-order chi connectivity index (χ1) is 12.7. The summed E-state index contributed by atoms with van der Waals surface area (Å²) in [4.78, 5) is 15.0. The van der Waals surface area contributed by atoms with Gasteiger partial charge in [0.25, 0.3) is 0 Å². The zero-order valence-electron chi connectivity index (χ0n) is 16.6. The molecule has 3 atom stereocenters. The fraction of sp³-hybridized carbons (Fsp3) is 0.950. The van der Waals surface area contributed by atoms with E-state index in [4.69, 9.17) is 18.9 Å². The number of carbonyl (C=O) groups excluding carboxylic acids is 1. The number of carbonyl (C=O) groups is 1. The lowest BCUT2D eigenvalue weighted by Gasteiger charge is -2.35. The summed E-state index contributed by atoms with van der Waals surface area (Å²) in [5.74, 6) is 1.47. The average molecular weight is 372 g/mol. The summed E-state index contributed by atoms with van der Waals surface area (Å²) in [5, 5.41) is 0. The standard InChI is InChI=1S/C20H37NO5/c1-3-18-14-17(2)20(22)19(15-18)16-21-4-6-23-8-10-25-12-13-26-11-9-24-7-5-21/h17-19H,3-16H2,1-2H3. The van der Waals surface area contributed by atoms with Crippen molar-refractivity contribution < 1.29 is 23.7 Å². The van der Waals surface area contributed by atoms with Crippen LogP contribution in [0.3, 0.4) is 0 Å².